The van der Waals surface area contributed by atoms with Gasteiger partial charge in [0.15, 0.2) is 0 Å². The van der Waals surface area contributed by atoms with Crippen molar-refractivity contribution in [3.63, 3.8) is 0 Å². The van der Waals surface area contributed by atoms with E-state index in [-0.39, 0.29) is 5.75 Å². The highest BCUT2D eigenvalue weighted by Crippen LogP contribution is 2.37. The highest BCUT2D eigenvalue weighted by atomic mass is 32.2. The molecule has 1 amide bonds. The predicted octanol–water partition coefficient (Wildman–Crippen LogP) is 1.47. The van der Waals surface area contributed by atoms with Gasteiger partial charge in [0.25, 0.3) is 0 Å². The number of aromatic nitrogens is 1. The quantitative estimate of drug-likeness (QED) is 0.929. The second-order valence-corrected chi connectivity index (χ2v) is 7.44. The fourth-order valence-corrected chi connectivity index (χ4v) is 4.68. The molecule has 0 saturated heterocycles. The van der Waals surface area contributed by atoms with Gasteiger partial charge in [-0.05, 0) is 38.0 Å². The maximum atomic E-state index is 12.5. The number of nitrogens with two attached hydrogens (primary N) is 1. The lowest BCUT2D eigenvalue weighted by atomic mass is 10.1. The van der Waals surface area contributed by atoms with E-state index in [1.54, 1.807) is 19.1 Å². The molecule has 1 aromatic carbocycles. The summed E-state index contributed by atoms with van der Waals surface area (Å²) in [6.07, 6.45) is 2.46. The van der Waals surface area contributed by atoms with Crippen LogP contribution in [0.2, 0.25) is 0 Å². The number of nitrogens with zero attached hydrogens (tertiary/aromatic N) is 2. The van der Waals surface area contributed by atoms with Gasteiger partial charge in [-0.25, -0.2) is 8.42 Å². The Morgan fingerprint density at radius 3 is 2.59 bits per heavy atom. The van der Waals surface area contributed by atoms with Crippen LogP contribution in [0, 0.1) is 0 Å². The number of sulfonamides is 1. The zero-order valence-corrected chi connectivity index (χ0v) is 13.5. The van der Waals surface area contributed by atoms with Crippen molar-refractivity contribution in [3.05, 3.63) is 29.5 Å². The average Bonchev–Trinajstić information content (AvgIpc) is 2.78. The second kappa shape index (κ2) is 5.01. The minimum atomic E-state index is -3.38. The molecule has 0 unspecified atom stereocenters. The summed E-state index contributed by atoms with van der Waals surface area (Å²) in [5.74, 6) is -0.481. The fourth-order valence-electron chi connectivity index (χ4n) is 3.15. The van der Waals surface area contributed by atoms with E-state index in [9.17, 15) is 13.2 Å². The minimum absolute atomic E-state index is 0.0737. The molecular formula is C15H19N3O3S. The molecule has 0 aliphatic carbocycles. The van der Waals surface area contributed by atoms with Crippen molar-refractivity contribution in [2.75, 3.05) is 16.6 Å². The van der Waals surface area contributed by atoms with Crippen LogP contribution >= 0.6 is 0 Å². The maximum Gasteiger partial charge on any atom is 0.248 e. The lowest BCUT2D eigenvalue weighted by Gasteiger charge is -2.22. The van der Waals surface area contributed by atoms with Crippen molar-refractivity contribution in [2.24, 2.45) is 5.73 Å². The number of hydrogen-bond acceptors (Lipinski definition) is 3. The van der Waals surface area contributed by atoms with Crippen LogP contribution in [0.4, 0.5) is 5.69 Å². The van der Waals surface area contributed by atoms with E-state index in [0.717, 1.165) is 23.0 Å². The molecule has 0 spiro atoms. The topological polar surface area (TPSA) is 85.4 Å². The van der Waals surface area contributed by atoms with Crippen LogP contribution in [0.3, 0.4) is 0 Å². The fraction of sp³-hybridized carbons (Fsp3) is 0.400. The van der Waals surface area contributed by atoms with Crippen molar-refractivity contribution >= 4 is 32.5 Å². The molecule has 22 heavy (non-hydrogen) atoms. The van der Waals surface area contributed by atoms with E-state index in [2.05, 4.69) is 0 Å². The van der Waals surface area contributed by atoms with Crippen LogP contribution in [0.25, 0.3) is 10.9 Å². The second-order valence-electron chi connectivity index (χ2n) is 5.42. The van der Waals surface area contributed by atoms with Crippen molar-refractivity contribution in [1.82, 2.24) is 4.57 Å². The zero-order valence-electron chi connectivity index (χ0n) is 12.7. The van der Waals surface area contributed by atoms with Crippen molar-refractivity contribution in [1.29, 1.82) is 0 Å². The third kappa shape index (κ3) is 2.08. The van der Waals surface area contributed by atoms with Crippen LogP contribution in [-0.4, -0.2) is 31.2 Å². The molecule has 0 fully saturated rings. The van der Waals surface area contributed by atoms with Gasteiger partial charge in [-0.2, -0.15) is 0 Å². The summed E-state index contributed by atoms with van der Waals surface area (Å²) in [7, 11) is -3.38. The first-order valence-corrected chi connectivity index (χ1v) is 8.96. The summed E-state index contributed by atoms with van der Waals surface area (Å²) in [4.78, 5) is 11.6. The number of aryl methyl sites for hydroxylation is 2. The number of anilines is 1. The molecule has 2 heterocycles. The van der Waals surface area contributed by atoms with Crippen molar-refractivity contribution < 1.29 is 13.2 Å². The lowest BCUT2D eigenvalue weighted by Crippen LogP contribution is -2.32. The van der Waals surface area contributed by atoms with Gasteiger partial charge in [0, 0.05) is 30.2 Å². The number of rotatable bonds is 3. The molecule has 118 valence electrons. The highest BCUT2D eigenvalue weighted by molar-refractivity contribution is 7.92. The highest BCUT2D eigenvalue weighted by Gasteiger charge is 2.29. The molecule has 0 atom stereocenters. The summed E-state index contributed by atoms with van der Waals surface area (Å²) < 4.78 is 28.4. The Morgan fingerprint density at radius 2 is 2.00 bits per heavy atom. The van der Waals surface area contributed by atoms with Crippen molar-refractivity contribution in [3.8, 4) is 0 Å². The van der Waals surface area contributed by atoms with Gasteiger partial charge in [-0.15, -0.1) is 0 Å². The normalized spacial score (nSPS) is 16.7. The van der Waals surface area contributed by atoms with E-state index < -0.39 is 15.9 Å². The molecule has 0 bridgehead atoms. The standard InChI is InChI=1S/C15H19N3O3S/c1-3-17-9-10-5-6-22(20,21)18(4-2)13-8-11(15(16)19)7-12(17)14(10)13/h7-9H,3-6H2,1-2H3,(H2,16,19). The molecule has 0 radical (unpaired) electrons. The Kier molecular flexibility index (Phi) is 3.40. The van der Waals surface area contributed by atoms with Crippen LogP contribution in [0.15, 0.2) is 18.3 Å². The first-order chi connectivity index (χ1) is 10.4. The Hall–Kier alpha value is -2.02. The Labute approximate surface area is 129 Å². The Morgan fingerprint density at radius 1 is 1.27 bits per heavy atom. The summed E-state index contributed by atoms with van der Waals surface area (Å²) in [6.45, 7) is 4.88. The monoisotopic (exact) mass is 321 g/mol. The average molecular weight is 321 g/mol. The molecule has 6 nitrogen and oxygen atoms in total. The van der Waals surface area contributed by atoms with Gasteiger partial charge < -0.3 is 10.3 Å². The SMILES string of the molecule is CCN1c2cc(C(N)=O)cc3c2c(cn3CC)CCS1(=O)=O. The summed E-state index contributed by atoms with van der Waals surface area (Å²) in [5.41, 5.74) is 8.18. The number of carbonyl (C=O) groups excluding carboxylic acids is 1. The van der Waals surface area contributed by atoms with E-state index >= 15 is 0 Å². The van der Waals surface area contributed by atoms with Gasteiger partial charge in [0.05, 0.1) is 17.0 Å². The first kappa shape index (κ1) is 14.9. The smallest absolute Gasteiger partial charge is 0.248 e. The Bertz CT molecular complexity index is 868. The molecule has 1 aliphatic rings. The van der Waals surface area contributed by atoms with E-state index in [1.807, 2.05) is 17.7 Å². The third-order valence-corrected chi connectivity index (χ3v) is 6.03. The number of primary amides is 1. The van der Waals surface area contributed by atoms with Crippen LogP contribution in [0.1, 0.15) is 29.8 Å². The number of hydrogen-bond donors (Lipinski definition) is 1. The first-order valence-electron chi connectivity index (χ1n) is 7.35. The molecule has 2 N–H and O–H groups in total. The maximum absolute atomic E-state index is 12.5. The van der Waals surface area contributed by atoms with E-state index in [0.29, 0.717) is 24.2 Å². The number of benzene rings is 1. The third-order valence-electron chi connectivity index (χ3n) is 4.19. The van der Waals surface area contributed by atoms with Crippen LogP contribution in [-0.2, 0) is 23.0 Å². The number of amides is 1. The molecule has 0 saturated carbocycles. The van der Waals surface area contributed by atoms with Crippen molar-refractivity contribution in [2.45, 2.75) is 26.8 Å². The molecular weight excluding hydrogens is 302 g/mol. The van der Waals surface area contributed by atoms with Crippen LogP contribution in [0.5, 0.6) is 0 Å². The molecule has 3 rings (SSSR count). The Balaban J connectivity index is 2.44. The number of carbonyl (C=O) groups is 1. The van der Waals surface area contributed by atoms with Gasteiger partial charge in [-0.3, -0.25) is 9.10 Å². The molecule has 1 aliphatic heterocycles. The molecule has 2 aromatic rings. The van der Waals surface area contributed by atoms with Gasteiger partial charge in [0.1, 0.15) is 0 Å². The molecule has 1 aromatic heterocycles. The van der Waals surface area contributed by atoms with Gasteiger partial charge >= 0.3 is 0 Å². The van der Waals surface area contributed by atoms with Gasteiger partial charge in [0.2, 0.25) is 15.9 Å². The summed E-state index contributed by atoms with van der Waals surface area (Å²) >= 11 is 0. The minimum Gasteiger partial charge on any atom is -0.366 e. The zero-order chi connectivity index (χ0) is 16.1. The lowest BCUT2D eigenvalue weighted by molar-refractivity contribution is 0.100. The van der Waals surface area contributed by atoms with Gasteiger partial charge in [-0.1, -0.05) is 0 Å². The largest absolute Gasteiger partial charge is 0.366 e. The summed E-state index contributed by atoms with van der Waals surface area (Å²) in [6, 6.07) is 3.35. The summed E-state index contributed by atoms with van der Waals surface area (Å²) in [5, 5.41) is 0.912. The van der Waals surface area contributed by atoms with Crippen LogP contribution < -0.4 is 10.0 Å². The predicted molar refractivity (Wildman–Crippen MR) is 86.6 cm³/mol. The molecule has 7 heteroatoms. The van der Waals surface area contributed by atoms with E-state index in [1.165, 1.54) is 4.31 Å². The van der Waals surface area contributed by atoms with E-state index in [4.69, 9.17) is 5.73 Å².